The zero-order valence-corrected chi connectivity index (χ0v) is 9.49. The summed E-state index contributed by atoms with van der Waals surface area (Å²) in [4.78, 5) is 19.3. The van der Waals surface area contributed by atoms with Crippen LogP contribution in [-0.4, -0.2) is 21.0 Å². The number of nitrogens with one attached hydrogen (secondary N) is 1. The first kappa shape index (κ1) is 10.0. The van der Waals surface area contributed by atoms with E-state index in [1.54, 1.807) is 12.3 Å². The number of aromatic nitrogens is 2. The lowest BCUT2D eigenvalue weighted by Gasteiger charge is -1.98. The van der Waals surface area contributed by atoms with Crippen LogP contribution >= 0.6 is 11.3 Å². The van der Waals surface area contributed by atoms with Gasteiger partial charge >= 0.3 is 5.97 Å². The van der Waals surface area contributed by atoms with Crippen LogP contribution in [0, 0.1) is 0 Å². The Kier molecular flexibility index (Phi) is 2.19. The second-order valence-corrected chi connectivity index (χ2v) is 4.61. The number of nitrogens with zero attached hydrogens (tertiary/aromatic N) is 1. The van der Waals surface area contributed by atoms with Crippen LogP contribution < -0.4 is 0 Å². The number of aromatic carboxylic acids is 1. The van der Waals surface area contributed by atoms with E-state index in [9.17, 15) is 4.79 Å². The maximum atomic E-state index is 10.9. The summed E-state index contributed by atoms with van der Waals surface area (Å²) >= 11 is 1.19. The van der Waals surface area contributed by atoms with Crippen molar-refractivity contribution in [2.24, 2.45) is 0 Å². The van der Waals surface area contributed by atoms with Crippen molar-refractivity contribution < 1.29 is 9.90 Å². The van der Waals surface area contributed by atoms with Crippen LogP contribution in [0.1, 0.15) is 9.67 Å². The molecule has 3 aromatic heterocycles. The third kappa shape index (κ3) is 1.60. The first-order valence-electron chi connectivity index (χ1n) is 5.01. The number of aromatic amines is 1. The van der Waals surface area contributed by atoms with E-state index in [0.29, 0.717) is 4.88 Å². The van der Waals surface area contributed by atoms with E-state index in [1.807, 2.05) is 24.4 Å². The lowest BCUT2D eigenvalue weighted by molar-refractivity contribution is 0.0702. The van der Waals surface area contributed by atoms with Gasteiger partial charge in [0.15, 0.2) is 0 Å². The SMILES string of the molecule is O=C(O)c1cc2c(-c3ccc[nH]3)ccnc2s1. The molecule has 0 aliphatic heterocycles. The maximum absolute atomic E-state index is 10.9. The van der Waals surface area contributed by atoms with E-state index >= 15 is 0 Å². The third-order valence-corrected chi connectivity index (χ3v) is 3.57. The van der Waals surface area contributed by atoms with Crippen molar-refractivity contribution in [3.8, 4) is 11.3 Å². The Bertz CT molecular complexity index is 686. The molecule has 0 aliphatic carbocycles. The Morgan fingerprint density at radius 3 is 3.00 bits per heavy atom. The Morgan fingerprint density at radius 1 is 1.41 bits per heavy atom. The highest BCUT2D eigenvalue weighted by atomic mass is 32.1. The minimum absolute atomic E-state index is 0.312. The quantitative estimate of drug-likeness (QED) is 0.728. The van der Waals surface area contributed by atoms with Crippen molar-refractivity contribution in [3.05, 3.63) is 41.5 Å². The van der Waals surface area contributed by atoms with Gasteiger partial charge in [-0.05, 0) is 24.3 Å². The first-order valence-corrected chi connectivity index (χ1v) is 5.83. The van der Waals surface area contributed by atoms with Gasteiger partial charge in [0.1, 0.15) is 9.71 Å². The highest BCUT2D eigenvalue weighted by molar-refractivity contribution is 7.20. The summed E-state index contributed by atoms with van der Waals surface area (Å²) in [7, 11) is 0. The van der Waals surface area contributed by atoms with Crippen molar-refractivity contribution in [1.82, 2.24) is 9.97 Å². The minimum atomic E-state index is -0.912. The summed E-state index contributed by atoms with van der Waals surface area (Å²) in [6, 6.07) is 7.41. The smallest absolute Gasteiger partial charge is 0.345 e. The van der Waals surface area contributed by atoms with Gasteiger partial charge in [0.25, 0.3) is 0 Å². The van der Waals surface area contributed by atoms with E-state index in [1.165, 1.54) is 11.3 Å². The van der Waals surface area contributed by atoms with Crippen LogP contribution in [0.25, 0.3) is 21.5 Å². The molecule has 3 aromatic rings. The summed E-state index contributed by atoms with van der Waals surface area (Å²) < 4.78 is 0. The van der Waals surface area contributed by atoms with Gasteiger partial charge in [-0.15, -0.1) is 11.3 Å². The average molecular weight is 244 g/mol. The number of carboxylic acid groups (broad SMARTS) is 1. The molecule has 0 atom stereocenters. The number of carboxylic acids is 1. The zero-order chi connectivity index (χ0) is 11.8. The lowest BCUT2D eigenvalue weighted by Crippen LogP contribution is -1.89. The minimum Gasteiger partial charge on any atom is -0.477 e. The van der Waals surface area contributed by atoms with Crippen LogP contribution in [0.15, 0.2) is 36.7 Å². The highest BCUT2D eigenvalue weighted by Gasteiger charge is 2.12. The van der Waals surface area contributed by atoms with E-state index in [-0.39, 0.29) is 0 Å². The number of H-pyrrole nitrogens is 1. The molecule has 0 aromatic carbocycles. The summed E-state index contributed by atoms with van der Waals surface area (Å²) in [5.74, 6) is -0.912. The normalized spacial score (nSPS) is 10.8. The van der Waals surface area contributed by atoms with Crippen molar-refractivity contribution in [2.75, 3.05) is 0 Å². The van der Waals surface area contributed by atoms with Crippen molar-refractivity contribution in [1.29, 1.82) is 0 Å². The van der Waals surface area contributed by atoms with E-state index in [4.69, 9.17) is 5.11 Å². The molecule has 0 amide bonds. The predicted octanol–water partition coefficient (Wildman–Crippen LogP) is 2.99. The number of hydrogen-bond donors (Lipinski definition) is 2. The van der Waals surface area contributed by atoms with Gasteiger partial charge in [-0.2, -0.15) is 0 Å². The van der Waals surface area contributed by atoms with Gasteiger partial charge in [0.2, 0.25) is 0 Å². The molecule has 0 radical (unpaired) electrons. The van der Waals surface area contributed by atoms with E-state index in [0.717, 1.165) is 21.5 Å². The monoisotopic (exact) mass is 244 g/mol. The van der Waals surface area contributed by atoms with Crippen LogP contribution in [-0.2, 0) is 0 Å². The molecule has 0 spiro atoms. The molecule has 0 saturated heterocycles. The Balaban J connectivity index is 2.29. The molecule has 4 nitrogen and oxygen atoms in total. The second-order valence-electron chi connectivity index (χ2n) is 3.58. The fourth-order valence-corrected chi connectivity index (χ4v) is 2.64. The zero-order valence-electron chi connectivity index (χ0n) is 8.68. The molecule has 5 heteroatoms. The second kappa shape index (κ2) is 3.71. The summed E-state index contributed by atoms with van der Waals surface area (Å²) in [5, 5.41) is 9.85. The van der Waals surface area contributed by atoms with Crippen LogP contribution in [0.5, 0.6) is 0 Å². The number of rotatable bonds is 2. The number of hydrogen-bond acceptors (Lipinski definition) is 3. The Morgan fingerprint density at radius 2 is 2.29 bits per heavy atom. The highest BCUT2D eigenvalue weighted by Crippen LogP contribution is 2.31. The average Bonchev–Trinajstić information content (AvgIpc) is 2.97. The Hall–Kier alpha value is -2.14. The van der Waals surface area contributed by atoms with Gasteiger partial charge in [-0.25, -0.2) is 9.78 Å². The topological polar surface area (TPSA) is 66.0 Å². The molecule has 17 heavy (non-hydrogen) atoms. The molecule has 0 unspecified atom stereocenters. The maximum Gasteiger partial charge on any atom is 0.345 e. The van der Waals surface area contributed by atoms with Gasteiger partial charge in [0.05, 0.1) is 0 Å². The Labute approximate surface area is 101 Å². The van der Waals surface area contributed by atoms with Gasteiger partial charge in [-0.1, -0.05) is 0 Å². The fraction of sp³-hybridized carbons (Fsp3) is 0. The third-order valence-electron chi connectivity index (χ3n) is 2.53. The van der Waals surface area contributed by atoms with Crippen LogP contribution in [0.3, 0.4) is 0 Å². The first-order chi connectivity index (χ1) is 8.25. The molecule has 0 saturated carbocycles. The molecule has 0 bridgehead atoms. The lowest BCUT2D eigenvalue weighted by atomic mass is 10.1. The molecule has 0 aliphatic rings. The molecular weight excluding hydrogens is 236 g/mol. The van der Waals surface area contributed by atoms with Crippen molar-refractivity contribution >= 4 is 27.5 Å². The summed E-state index contributed by atoms with van der Waals surface area (Å²) in [5.41, 5.74) is 1.94. The van der Waals surface area contributed by atoms with E-state index < -0.39 is 5.97 Å². The van der Waals surface area contributed by atoms with Crippen molar-refractivity contribution in [2.45, 2.75) is 0 Å². The van der Waals surface area contributed by atoms with Crippen LogP contribution in [0.2, 0.25) is 0 Å². The van der Waals surface area contributed by atoms with Crippen LogP contribution in [0.4, 0.5) is 0 Å². The molecule has 84 valence electrons. The number of thiophene rings is 1. The molecule has 0 fully saturated rings. The largest absolute Gasteiger partial charge is 0.477 e. The fourth-order valence-electron chi connectivity index (χ4n) is 1.78. The van der Waals surface area contributed by atoms with Gasteiger partial charge in [0, 0.05) is 29.0 Å². The molecule has 3 heterocycles. The standard InChI is InChI=1S/C12H8N2O2S/c15-12(16)10-6-8-7(9-2-1-4-13-9)3-5-14-11(8)17-10/h1-6,13H,(H,15,16). The van der Waals surface area contributed by atoms with E-state index in [2.05, 4.69) is 9.97 Å². The number of fused-ring (bicyclic) bond motifs is 1. The molecular formula is C12H8N2O2S. The number of carbonyl (C=O) groups is 1. The summed E-state index contributed by atoms with van der Waals surface area (Å²) in [6.07, 6.45) is 3.53. The molecule has 3 rings (SSSR count). The van der Waals surface area contributed by atoms with Crippen molar-refractivity contribution in [3.63, 3.8) is 0 Å². The van der Waals surface area contributed by atoms with Gasteiger partial charge in [-0.3, -0.25) is 0 Å². The molecule has 2 N–H and O–H groups in total. The van der Waals surface area contributed by atoms with Gasteiger partial charge < -0.3 is 10.1 Å². The predicted molar refractivity (Wildman–Crippen MR) is 66.4 cm³/mol. The summed E-state index contributed by atoms with van der Waals surface area (Å²) in [6.45, 7) is 0. The number of pyridine rings is 1.